The molecule has 2 aromatic rings. The van der Waals surface area contributed by atoms with Crippen molar-refractivity contribution in [1.29, 1.82) is 0 Å². The van der Waals surface area contributed by atoms with Crippen LogP contribution in [0.5, 0.6) is 0 Å². The van der Waals surface area contributed by atoms with Gasteiger partial charge in [0, 0.05) is 44.8 Å². The molecule has 3 fully saturated rings. The first-order valence-electron chi connectivity index (χ1n) is 10.3. The summed E-state index contributed by atoms with van der Waals surface area (Å²) in [5, 5.41) is 22.4. The van der Waals surface area contributed by atoms with Gasteiger partial charge in [0.1, 0.15) is 11.4 Å². The maximum atomic E-state index is 11.6. The van der Waals surface area contributed by atoms with Gasteiger partial charge in [-0.1, -0.05) is 6.07 Å². The Bertz CT molecular complexity index is 818. The fourth-order valence-electron chi connectivity index (χ4n) is 5.28. The van der Waals surface area contributed by atoms with E-state index in [4.69, 9.17) is 4.74 Å². The first kappa shape index (κ1) is 18.9. The second-order valence-electron chi connectivity index (χ2n) is 8.31. The molecule has 2 N–H and O–H groups in total. The quantitative estimate of drug-likeness (QED) is 0.779. The zero-order valence-electron chi connectivity index (χ0n) is 16.3. The highest BCUT2D eigenvalue weighted by atomic mass is 16.5. The number of fused-ring (bicyclic) bond motifs is 1. The third-order valence-corrected chi connectivity index (χ3v) is 6.72. The van der Waals surface area contributed by atoms with E-state index in [0.29, 0.717) is 12.8 Å². The highest BCUT2D eigenvalue weighted by molar-refractivity contribution is 5.35. The number of aliphatic hydroxyl groups excluding tert-OH is 1. The summed E-state index contributed by atoms with van der Waals surface area (Å²) in [4.78, 5) is 17.4. The topological polar surface area (TPSA) is 94.8 Å². The summed E-state index contributed by atoms with van der Waals surface area (Å²) in [7, 11) is 0. The maximum absolute atomic E-state index is 11.6. The molecule has 154 valence electrons. The highest BCUT2D eigenvalue weighted by Gasteiger charge is 2.59. The lowest BCUT2D eigenvalue weighted by atomic mass is 9.81. The van der Waals surface area contributed by atoms with Crippen LogP contribution >= 0.6 is 0 Å². The summed E-state index contributed by atoms with van der Waals surface area (Å²) in [6.45, 7) is 3.33. The Morgan fingerprint density at radius 3 is 2.62 bits per heavy atom. The zero-order valence-corrected chi connectivity index (χ0v) is 16.3. The molecule has 2 aromatic heterocycles. The summed E-state index contributed by atoms with van der Waals surface area (Å²) in [6, 6.07) is 5.50. The summed E-state index contributed by atoms with van der Waals surface area (Å²) >= 11 is 0. The second kappa shape index (κ2) is 7.60. The Morgan fingerprint density at radius 2 is 1.90 bits per heavy atom. The fraction of sp³-hybridized carbons (Fsp3) is 0.571. The van der Waals surface area contributed by atoms with E-state index in [1.54, 1.807) is 24.8 Å². The van der Waals surface area contributed by atoms with Crippen molar-refractivity contribution in [1.82, 2.24) is 19.9 Å². The molecule has 2 saturated heterocycles. The summed E-state index contributed by atoms with van der Waals surface area (Å²) in [5.74, 6) is 0.871. The van der Waals surface area contributed by atoms with Gasteiger partial charge >= 0.3 is 0 Å². The number of pyridine rings is 1. The molecule has 0 bridgehead atoms. The van der Waals surface area contributed by atoms with E-state index in [9.17, 15) is 10.2 Å². The standard InChI is InChI=1S/C21H27N5O3/c27-17-11-15-12-18(16-3-1-2-4-23-16)29-14-21(15,28)20(17)26-9-7-25(8-10-26)19-13-22-5-6-24-19/h1-6,13,15,17-18,20,27-28H,7-12,14H2/t15-,17+,18-,20-,21-/m1/s1. The van der Waals surface area contributed by atoms with E-state index in [0.717, 1.165) is 37.7 Å². The van der Waals surface area contributed by atoms with Crippen LogP contribution in [0.15, 0.2) is 43.0 Å². The van der Waals surface area contributed by atoms with Crippen molar-refractivity contribution in [3.63, 3.8) is 0 Å². The highest BCUT2D eigenvalue weighted by Crippen LogP contribution is 2.48. The van der Waals surface area contributed by atoms with E-state index in [1.165, 1.54) is 0 Å². The van der Waals surface area contributed by atoms with Gasteiger partial charge in [0.15, 0.2) is 0 Å². The Balaban J connectivity index is 1.27. The lowest BCUT2D eigenvalue weighted by Crippen LogP contribution is -2.63. The van der Waals surface area contributed by atoms with Crippen molar-refractivity contribution in [2.24, 2.45) is 5.92 Å². The monoisotopic (exact) mass is 397 g/mol. The Kier molecular flexibility index (Phi) is 4.95. The Labute approximate surface area is 170 Å². The van der Waals surface area contributed by atoms with Gasteiger partial charge < -0.3 is 19.8 Å². The molecule has 0 radical (unpaired) electrons. The zero-order chi connectivity index (χ0) is 19.8. The van der Waals surface area contributed by atoms with Crippen molar-refractivity contribution < 1.29 is 14.9 Å². The molecule has 5 atom stereocenters. The predicted molar refractivity (Wildman–Crippen MR) is 106 cm³/mol. The normalized spacial score (nSPS) is 35.4. The number of rotatable bonds is 3. The van der Waals surface area contributed by atoms with E-state index < -0.39 is 11.7 Å². The van der Waals surface area contributed by atoms with Crippen LogP contribution in [0.4, 0.5) is 5.82 Å². The van der Waals surface area contributed by atoms with Crippen LogP contribution in [0.3, 0.4) is 0 Å². The number of ether oxygens (including phenoxy) is 1. The molecule has 8 nitrogen and oxygen atoms in total. The molecule has 8 heteroatoms. The smallest absolute Gasteiger partial charge is 0.147 e. The molecule has 1 saturated carbocycles. The van der Waals surface area contributed by atoms with Crippen LogP contribution < -0.4 is 4.90 Å². The molecular weight excluding hydrogens is 370 g/mol. The first-order chi connectivity index (χ1) is 14.1. The Hall–Kier alpha value is -2.13. The molecule has 0 amide bonds. The third kappa shape index (κ3) is 3.40. The van der Waals surface area contributed by atoms with Gasteiger partial charge in [0.25, 0.3) is 0 Å². The SMILES string of the molecule is O[C@H]1C[C@@H]2C[C@H](c3ccccn3)OC[C@]2(O)[C@@H]1N1CCN(c2cnccn2)CC1. The summed E-state index contributed by atoms with van der Waals surface area (Å²) in [5.41, 5.74) is -0.135. The van der Waals surface area contributed by atoms with Gasteiger partial charge in [0.05, 0.1) is 36.7 Å². The van der Waals surface area contributed by atoms with Gasteiger partial charge in [-0.3, -0.25) is 14.9 Å². The molecule has 2 aliphatic heterocycles. The van der Waals surface area contributed by atoms with E-state index in [-0.39, 0.29) is 24.7 Å². The van der Waals surface area contributed by atoms with Crippen LogP contribution in [0, 0.1) is 5.92 Å². The number of hydrogen-bond donors (Lipinski definition) is 2. The third-order valence-electron chi connectivity index (χ3n) is 6.72. The second-order valence-corrected chi connectivity index (χ2v) is 8.31. The number of nitrogens with zero attached hydrogens (tertiary/aromatic N) is 5. The van der Waals surface area contributed by atoms with E-state index >= 15 is 0 Å². The number of aliphatic hydroxyl groups is 2. The largest absolute Gasteiger partial charge is 0.391 e. The minimum absolute atomic E-state index is 0.00118. The average molecular weight is 397 g/mol. The molecule has 1 aliphatic carbocycles. The van der Waals surface area contributed by atoms with Crippen LogP contribution in [0.1, 0.15) is 24.6 Å². The molecule has 29 heavy (non-hydrogen) atoms. The summed E-state index contributed by atoms with van der Waals surface area (Å²) in [6.07, 6.45) is 7.51. The van der Waals surface area contributed by atoms with Crippen LogP contribution in [-0.4, -0.2) is 80.6 Å². The number of piperazine rings is 1. The van der Waals surface area contributed by atoms with E-state index in [2.05, 4.69) is 24.8 Å². The molecule has 4 heterocycles. The number of anilines is 1. The van der Waals surface area contributed by atoms with Crippen molar-refractivity contribution in [2.75, 3.05) is 37.7 Å². The molecule has 5 rings (SSSR count). The lowest BCUT2D eigenvalue weighted by molar-refractivity contribution is -0.174. The van der Waals surface area contributed by atoms with Gasteiger partial charge in [-0.05, 0) is 30.9 Å². The molecule has 0 unspecified atom stereocenters. The molecular formula is C21H27N5O3. The van der Waals surface area contributed by atoms with Crippen molar-refractivity contribution in [2.45, 2.75) is 36.7 Å². The van der Waals surface area contributed by atoms with Gasteiger partial charge in [-0.25, -0.2) is 4.98 Å². The van der Waals surface area contributed by atoms with Crippen molar-refractivity contribution in [3.05, 3.63) is 48.7 Å². The van der Waals surface area contributed by atoms with Crippen LogP contribution in [0.2, 0.25) is 0 Å². The maximum Gasteiger partial charge on any atom is 0.147 e. The number of hydrogen-bond acceptors (Lipinski definition) is 8. The average Bonchev–Trinajstić information content (AvgIpc) is 3.04. The van der Waals surface area contributed by atoms with Gasteiger partial charge in [-0.15, -0.1) is 0 Å². The first-order valence-corrected chi connectivity index (χ1v) is 10.3. The van der Waals surface area contributed by atoms with Crippen molar-refractivity contribution in [3.8, 4) is 0 Å². The minimum Gasteiger partial charge on any atom is -0.391 e. The minimum atomic E-state index is -1.03. The Morgan fingerprint density at radius 1 is 1.03 bits per heavy atom. The predicted octanol–water partition coefficient (Wildman–Crippen LogP) is 0.636. The lowest BCUT2D eigenvalue weighted by Gasteiger charge is -2.47. The van der Waals surface area contributed by atoms with Gasteiger partial charge in [-0.2, -0.15) is 0 Å². The van der Waals surface area contributed by atoms with Gasteiger partial charge in [0.2, 0.25) is 0 Å². The number of aromatic nitrogens is 3. The van der Waals surface area contributed by atoms with Crippen LogP contribution in [0.25, 0.3) is 0 Å². The molecule has 0 aromatic carbocycles. The fourth-order valence-corrected chi connectivity index (χ4v) is 5.28. The molecule has 3 aliphatic rings. The molecule has 0 spiro atoms. The van der Waals surface area contributed by atoms with E-state index in [1.807, 2.05) is 18.2 Å². The van der Waals surface area contributed by atoms with Crippen LogP contribution in [-0.2, 0) is 4.74 Å². The van der Waals surface area contributed by atoms with Crippen molar-refractivity contribution >= 4 is 5.82 Å². The summed E-state index contributed by atoms with van der Waals surface area (Å²) < 4.78 is 6.06.